The number of nitrogens with zero attached hydrogens (tertiary/aromatic N) is 4. The molecule has 0 spiro atoms. The smallest absolute Gasteiger partial charge is 0.268 e. The molecule has 0 aliphatic heterocycles. The Balaban J connectivity index is 1.57. The van der Waals surface area contributed by atoms with Gasteiger partial charge in [0.2, 0.25) is 5.43 Å². The largest absolute Gasteiger partial charge is 0.384 e. The molecule has 11 heteroatoms. The molecule has 5 rings (SSSR count). The van der Waals surface area contributed by atoms with Gasteiger partial charge in [0.1, 0.15) is 17.1 Å². The van der Waals surface area contributed by atoms with Crippen LogP contribution in [0.3, 0.4) is 0 Å². The number of H-pyrrole nitrogens is 1. The first-order valence-corrected chi connectivity index (χ1v) is 13.3. The second-order valence-electron chi connectivity index (χ2n) is 10.7. The standard InChI is InChI=1S/C31H29FN6O4/c1-17(2)38-16-19(10-13-25(38)40)27-26(18-8-11-20(32)12-9-18)37-29-28(36-27)23(39)14-22(35-29)30(41)33-15-21-6-5-7-24(34-21)31(3,4)42/h5-14,16-17,42H,15H2,1-4H3,(H,33,41)(H,35,37,39). The maximum atomic E-state index is 13.8. The molecule has 0 saturated heterocycles. The van der Waals surface area contributed by atoms with Gasteiger partial charge in [-0.2, -0.15) is 0 Å². The summed E-state index contributed by atoms with van der Waals surface area (Å²) in [6.45, 7) is 7.03. The fraction of sp³-hybridized carbons (Fsp3) is 0.226. The average Bonchev–Trinajstić information content (AvgIpc) is 2.95. The third-order valence-electron chi connectivity index (χ3n) is 6.65. The van der Waals surface area contributed by atoms with Crippen LogP contribution in [-0.4, -0.2) is 35.5 Å². The minimum absolute atomic E-state index is 0.00532. The number of hydrogen-bond acceptors (Lipinski definition) is 7. The quantitative estimate of drug-likeness (QED) is 0.268. The summed E-state index contributed by atoms with van der Waals surface area (Å²) in [6.07, 6.45) is 1.65. The van der Waals surface area contributed by atoms with Crippen LogP contribution in [0.2, 0.25) is 0 Å². The van der Waals surface area contributed by atoms with Gasteiger partial charge in [-0.05, 0) is 70.2 Å². The van der Waals surface area contributed by atoms with E-state index in [0.29, 0.717) is 33.9 Å². The lowest BCUT2D eigenvalue weighted by molar-refractivity contribution is 0.0736. The lowest BCUT2D eigenvalue weighted by Crippen LogP contribution is -2.27. The highest BCUT2D eigenvalue weighted by Crippen LogP contribution is 2.30. The van der Waals surface area contributed by atoms with Crippen LogP contribution in [-0.2, 0) is 12.1 Å². The van der Waals surface area contributed by atoms with Crippen molar-refractivity contribution >= 4 is 17.1 Å². The van der Waals surface area contributed by atoms with E-state index >= 15 is 0 Å². The first-order chi connectivity index (χ1) is 19.9. The molecule has 4 aromatic heterocycles. The highest BCUT2D eigenvalue weighted by Gasteiger charge is 2.20. The summed E-state index contributed by atoms with van der Waals surface area (Å²) in [7, 11) is 0. The van der Waals surface area contributed by atoms with Crippen molar-refractivity contribution in [3.63, 3.8) is 0 Å². The maximum absolute atomic E-state index is 13.8. The van der Waals surface area contributed by atoms with Crippen LogP contribution in [0.1, 0.15) is 55.6 Å². The fourth-order valence-electron chi connectivity index (χ4n) is 4.42. The van der Waals surface area contributed by atoms with E-state index in [9.17, 15) is 23.9 Å². The van der Waals surface area contributed by atoms with Crippen molar-refractivity contribution in [3.05, 3.63) is 110 Å². The first-order valence-electron chi connectivity index (χ1n) is 13.3. The van der Waals surface area contributed by atoms with Gasteiger partial charge in [-0.3, -0.25) is 19.4 Å². The van der Waals surface area contributed by atoms with Gasteiger partial charge in [0.25, 0.3) is 11.5 Å². The van der Waals surface area contributed by atoms with Crippen molar-refractivity contribution in [1.29, 1.82) is 0 Å². The summed E-state index contributed by atoms with van der Waals surface area (Å²) in [5, 5.41) is 12.9. The molecular weight excluding hydrogens is 539 g/mol. The number of rotatable bonds is 7. The Labute approximate surface area is 240 Å². The predicted octanol–water partition coefficient (Wildman–Crippen LogP) is 4.09. The highest BCUT2D eigenvalue weighted by molar-refractivity contribution is 5.94. The van der Waals surface area contributed by atoms with E-state index in [1.54, 1.807) is 48.9 Å². The molecule has 0 bridgehead atoms. The number of benzene rings is 1. The average molecular weight is 569 g/mol. The molecule has 0 unspecified atom stereocenters. The molecule has 0 saturated carbocycles. The highest BCUT2D eigenvalue weighted by atomic mass is 19.1. The second-order valence-corrected chi connectivity index (χ2v) is 10.7. The summed E-state index contributed by atoms with van der Waals surface area (Å²) in [5.41, 5.74) is 0.852. The molecule has 10 nitrogen and oxygen atoms in total. The lowest BCUT2D eigenvalue weighted by atomic mass is 10.0. The van der Waals surface area contributed by atoms with Gasteiger partial charge in [0.05, 0.1) is 29.3 Å². The number of aliphatic hydroxyl groups is 1. The number of carbonyl (C=O) groups excluding carboxylic acids is 1. The van der Waals surface area contributed by atoms with Crippen LogP contribution in [0.5, 0.6) is 0 Å². The van der Waals surface area contributed by atoms with E-state index in [4.69, 9.17) is 0 Å². The Kier molecular flexibility index (Phi) is 7.53. The molecule has 3 N–H and O–H groups in total. The third kappa shape index (κ3) is 5.86. The molecule has 214 valence electrons. The van der Waals surface area contributed by atoms with Crippen molar-refractivity contribution in [1.82, 2.24) is 29.8 Å². The van der Waals surface area contributed by atoms with Gasteiger partial charge < -0.3 is 20.0 Å². The normalized spacial score (nSPS) is 11.7. The van der Waals surface area contributed by atoms with Crippen LogP contribution in [0.25, 0.3) is 33.7 Å². The second kappa shape index (κ2) is 11.1. The van der Waals surface area contributed by atoms with Crippen LogP contribution in [0.15, 0.2) is 76.4 Å². The molecule has 0 atom stereocenters. The molecule has 0 aliphatic rings. The van der Waals surface area contributed by atoms with Crippen molar-refractivity contribution < 1.29 is 14.3 Å². The third-order valence-corrected chi connectivity index (χ3v) is 6.65. The lowest BCUT2D eigenvalue weighted by Gasteiger charge is -2.17. The zero-order valence-corrected chi connectivity index (χ0v) is 23.5. The van der Waals surface area contributed by atoms with Crippen LogP contribution >= 0.6 is 0 Å². The zero-order chi connectivity index (χ0) is 30.2. The SMILES string of the molecule is CC(C)n1cc(-c2nc3c(=O)cc(C(=O)NCc4cccc(C(C)(C)O)n4)[nH]c3nc2-c2ccc(F)cc2)ccc1=O. The zero-order valence-electron chi connectivity index (χ0n) is 23.5. The van der Waals surface area contributed by atoms with Crippen LogP contribution < -0.4 is 16.3 Å². The Morgan fingerprint density at radius 2 is 1.69 bits per heavy atom. The van der Waals surface area contributed by atoms with Gasteiger partial charge in [0.15, 0.2) is 11.2 Å². The van der Waals surface area contributed by atoms with Gasteiger partial charge in [-0.15, -0.1) is 0 Å². The molecule has 42 heavy (non-hydrogen) atoms. The van der Waals surface area contributed by atoms with Gasteiger partial charge in [-0.25, -0.2) is 14.4 Å². The fourth-order valence-corrected chi connectivity index (χ4v) is 4.42. The summed E-state index contributed by atoms with van der Waals surface area (Å²) in [5.74, 6) is -1.000. The Hall–Kier alpha value is -5.03. The number of aromatic nitrogens is 5. The van der Waals surface area contributed by atoms with E-state index in [1.807, 2.05) is 13.8 Å². The Morgan fingerprint density at radius 1 is 1.00 bits per heavy atom. The molecule has 0 radical (unpaired) electrons. The summed E-state index contributed by atoms with van der Waals surface area (Å²) >= 11 is 0. The van der Waals surface area contributed by atoms with Crippen LogP contribution in [0, 0.1) is 5.82 Å². The number of hydrogen-bond donors (Lipinski definition) is 3. The van der Waals surface area contributed by atoms with Crippen LogP contribution in [0.4, 0.5) is 4.39 Å². The molecule has 0 aliphatic carbocycles. The first kappa shape index (κ1) is 28.5. The topological polar surface area (TPSA) is 143 Å². The number of nitrogens with one attached hydrogen (secondary N) is 2. The maximum Gasteiger partial charge on any atom is 0.268 e. The van der Waals surface area contributed by atoms with Gasteiger partial charge in [-0.1, -0.05) is 6.07 Å². The van der Waals surface area contributed by atoms with Crippen molar-refractivity contribution in [2.24, 2.45) is 0 Å². The molecule has 1 aromatic carbocycles. The number of carbonyl (C=O) groups is 1. The molecule has 1 amide bonds. The van der Waals surface area contributed by atoms with E-state index in [2.05, 4.69) is 25.3 Å². The number of aromatic amines is 1. The van der Waals surface area contributed by atoms with Crippen molar-refractivity contribution in [2.75, 3.05) is 0 Å². The minimum Gasteiger partial charge on any atom is -0.384 e. The Bertz CT molecular complexity index is 1920. The van der Waals surface area contributed by atoms with E-state index in [-0.39, 0.29) is 35.0 Å². The van der Waals surface area contributed by atoms with Crippen molar-refractivity contribution in [2.45, 2.75) is 45.9 Å². The summed E-state index contributed by atoms with van der Waals surface area (Å²) in [4.78, 5) is 55.2. The monoisotopic (exact) mass is 568 g/mol. The number of amides is 1. The van der Waals surface area contributed by atoms with Gasteiger partial charge >= 0.3 is 0 Å². The molecule has 0 fully saturated rings. The minimum atomic E-state index is -1.14. The van der Waals surface area contributed by atoms with E-state index in [0.717, 1.165) is 6.07 Å². The predicted molar refractivity (Wildman–Crippen MR) is 156 cm³/mol. The van der Waals surface area contributed by atoms with Crippen molar-refractivity contribution in [3.8, 4) is 22.5 Å². The van der Waals surface area contributed by atoms with E-state index in [1.165, 1.54) is 30.3 Å². The number of pyridine rings is 3. The van der Waals surface area contributed by atoms with Gasteiger partial charge in [0, 0.05) is 35.5 Å². The molecule has 5 aromatic rings. The number of halogens is 1. The summed E-state index contributed by atoms with van der Waals surface area (Å²) < 4.78 is 15.3. The summed E-state index contributed by atoms with van der Waals surface area (Å²) in [6, 6.07) is 14.8. The number of fused-ring (bicyclic) bond motifs is 1. The molecular formula is C31H29FN6O4. The Morgan fingerprint density at radius 3 is 2.38 bits per heavy atom. The molecule has 4 heterocycles. The van der Waals surface area contributed by atoms with E-state index < -0.39 is 22.8 Å².